The Morgan fingerprint density at radius 2 is 1.83 bits per heavy atom. The number of methoxy groups -OCH3 is 2. The molecule has 6 heteroatoms. The lowest BCUT2D eigenvalue weighted by atomic mass is 10.1. The first-order valence-corrected chi connectivity index (χ1v) is 7.82. The van der Waals surface area contributed by atoms with E-state index in [0.717, 1.165) is 11.3 Å². The van der Waals surface area contributed by atoms with Crippen molar-refractivity contribution < 1.29 is 19.0 Å². The minimum absolute atomic E-state index is 0.0794. The number of para-hydroxylation sites is 1. The molecule has 2 aromatic carbocycles. The van der Waals surface area contributed by atoms with Crippen LogP contribution < -0.4 is 14.8 Å². The maximum atomic E-state index is 11.9. The molecule has 2 aromatic rings. The van der Waals surface area contributed by atoms with Gasteiger partial charge in [0, 0.05) is 24.2 Å². The van der Waals surface area contributed by atoms with Crippen LogP contribution in [0.15, 0.2) is 48.5 Å². The summed E-state index contributed by atoms with van der Waals surface area (Å²) in [6.45, 7) is 0.240. The highest BCUT2D eigenvalue weighted by atomic mass is 35.5. The summed E-state index contributed by atoms with van der Waals surface area (Å²) in [4.78, 5) is 11.9. The van der Waals surface area contributed by atoms with E-state index in [2.05, 4.69) is 5.32 Å². The van der Waals surface area contributed by atoms with Gasteiger partial charge in [0.05, 0.1) is 7.11 Å². The molecule has 0 radical (unpaired) electrons. The molecule has 5 nitrogen and oxygen atoms in total. The largest absolute Gasteiger partial charge is 0.496 e. The van der Waals surface area contributed by atoms with Gasteiger partial charge >= 0.3 is 0 Å². The van der Waals surface area contributed by atoms with Crippen LogP contribution in [0.4, 0.5) is 0 Å². The molecule has 0 aromatic heterocycles. The number of halogens is 1. The molecule has 128 valence electrons. The van der Waals surface area contributed by atoms with Gasteiger partial charge in [-0.05, 0) is 30.3 Å². The van der Waals surface area contributed by atoms with Crippen LogP contribution in [0.2, 0.25) is 5.02 Å². The lowest BCUT2D eigenvalue weighted by Gasteiger charge is -2.19. The second kappa shape index (κ2) is 9.15. The number of rotatable bonds is 8. The van der Waals surface area contributed by atoms with Crippen LogP contribution in [0, 0.1) is 0 Å². The van der Waals surface area contributed by atoms with Crippen molar-refractivity contribution in [3.8, 4) is 11.5 Å². The number of ether oxygens (including phenoxy) is 3. The van der Waals surface area contributed by atoms with Crippen LogP contribution in [-0.2, 0) is 9.53 Å². The lowest BCUT2D eigenvalue weighted by Crippen LogP contribution is -2.33. The Morgan fingerprint density at radius 1 is 1.12 bits per heavy atom. The maximum absolute atomic E-state index is 11.9. The molecule has 0 aliphatic carbocycles. The van der Waals surface area contributed by atoms with Crippen molar-refractivity contribution in [2.24, 2.45) is 0 Å². The topological polar surface area (TPSA) is 56.8 Å². The summed E-state index contributed by atoms with van der Waals surface area (Å²) in [6.07, 6.45) is -0.305. The summed E-state index contributed by atoms with van der Waals surface area (Å²) in [5, 5.41) is 3.41. The summed E-state index contributed by atoms with van der Waals surface area (Å²) >= 11 is 5.80. The van der Waals surface area contributed by atoms with E-state index in [-0.39, 0.29) is 18.6 Å². The Morgan fingerprint density at radius 3 is 2.50 bits per heavy atom. The van der Waals surface area contributed by atoms with Gasteiger partial charge in [-0.15, -0.1) is 0 Å². The summed E-state index contributed by atoms with van der Waals surface area (Å²) < 4.78 is 16.2. The maximum Gasteiger partial charge on any atom is 0.258 e. The third kappa shape index (κ3) is 5.15. The van der Waals surface area contributed by atoms with Crippen molar-refractivity contribution >= 4 is 17.5 Å². The van der Waals surface area contributed by atoms with Gasteiger partial charge in [-0.1, -0.05) is 29.8 Å². The number of hydrogen-bond acceptors (Lipinski definition) is 4. The van der Waals surface area contributed by atoms with Crippen molar-refractivity contribution in [1.82, 2.24) is 5.32 Å². The number of benzene rings is 2. The van der Waals surface area contributed by atoms with Crippen LogP contribution in [0.3, 0.4) is 0 Å². The highest BCUT2D eigenvalue weighted by Crippen LogP contribution is 2.26. The first-order chi connectivity index (χ1) is 11.6. The molecular weight excluding hydrogens is 330 g/mol. The predicted molar refractivity (Wildman–Crippen MR) is 92.7 cm³/mol. The molecule has 0 bridgehead atoms. The van der Waals surface area contributed by atoms with Crippen LogP contribution in [-0.4, -0.2) is 33.3 Å². The molecule has 0 aliphatic heterocycles. The van der Waals surface area contributed by atoms with Gasteiger partial charge in [-0.3, -0.25) is 4.79 Å². The van der Waals surface area contributed by atoms with Gasteiger partial charge in [0.25, 0.3) is 5.91 Å². The Bertz CT molecular complexity index is 660. The Labute approximate surface area is 146 Å². The molecule has 0 fully saturated rings. The van der Waals surface area contributed by atoms with Gasteiger partial charge < -0.3 is 19.5 Å². The standard InChI is InChI=1S/C18H20ClNO4/c1-22-16-6-4-3-5-15(16)17(23-2)11-20-18(21)12-24-14-9-7-13(19)8-10-14/h3-10,17H,11-12H2,1-2H3,(H,20,21). The molecule has 1 unspecified atom stereocenters. The third-order valence-electron chi connectivity index (χ3n) is 3.44. The van der Waals surface area contributed by atoms with E-state index in [9.17, 15) is 4.79 Å². The minimum atomic E-state index is -0.305. The molecule has 0 heterocycles. The lowest BCUT2D eigenvalue weighted by molar-refractivity contribution is -0.123. The van der Waals surface area contributed by atoms with Gasteiger partial charge in [-0.2, -0.15) is 0 Å². The number of hydrogen-bond donors (Lipinski definition) is 1. The summed E-state index contributed by atoms with van der Waals surface area (Å²) in [6, 6.07) is 14.4. The number of amides is 1. The van der Waals surface area contributed by atoms with E-state index >= 15 is 0 Å². The van der Waals surface area contributed by atoms with Crippen LogP contribution >= 0.6 is 11.6 Å². The molecular formula is C18H20ClNO4. The van der Waals surface area contributed by atoms with Gasteiger partial charge in [0.1, 0.15) is 17.6 Å². The fraction of sp³-hybridized carbons (Fsp3) is 0.278. The normalized spacial score (nSPS) is 11.6. The van der Waals surface area contributed by atoms with Gasteiger partial charge in [0.15, 0.2) is 6.61 Å². The van der Waals surface area contributed by atoms with Gasteiger partial charge in [-0.25, -0.2) is 0 Å². The Hall–Kier alpha value is -2.24. The second-order valence-electron chi connectivity index (χ2n) is 5.01. The Kier molecular flexibility index (Phi) is 6.90. The monoisotopic (exact) mass is 349 g/mol. The SMILES string of the molecule is COc1ccccc1C(CNC(=O)COc1ccc(Cl)cc1)OC. The van der Waals surface area contributed by atoms with Crippen LogP contribution in [0.5, 0.6) is 11.5 Å². The summed E-state index contributed by atoms with van der Waals surface area (Å²) in [5.41, 5.74) is 0.876. The number of carbonyl (C=O) groups is 1. The molecule has 24 heavy (non-hydrogen) atoms. The van der Waals surface area contributed by atoms with E-state index in [1.165, 1.54) is 0 Å². The summed E-state index contributed by atoms with van der Waals surface area (Å²) in [7, 11) is 3.19. The first kappa shape index (κ1) is 18.1. The zero-order chi connectivity index (χ0) is 17.4. The molecule has 1 amide bonds. The molecule has 1 N–H and O–H groups in total. The fourth-order valence-electron chi connectivity index (χ4n) is 2.19. The van der Waals surface area contributed by atoms with Crippen LogP contribution in [0.1, 0.15) is 11.7 Å². The van der Waals surface area contributed by atoms with Crippen molar-refractivity contribution in [2.75, 3.05) is 27.4 Å². The Balaban J connectivity index is 1.86. The van der Waals surface area contributed by atoms with E-state index < -0.39 is 0 Å². The molecule has 2 rings (SSSR count). The second-order valence-corrected chi connectivity index (χ2v) is 5.45. The predicted octanol–water partition coefficient (Wildman–Crippen LogP) is 3.23. The van der Waals surface area contributed by atoms with E-state index in [4.69, 9.17) is 25.8 Å². The van der Waals surface area contributed by atoms with Crippen LogP contribution in [0.25, 0.3) is 0 Å². The fourth-order valence-corrected chi connectivity index (χ4v) is 2.32. The van der Waals surface area contributed by atoms with Crippen molar-refractivity contribution in [3.63, 3.8) is 0 Å². The smallest absolute Gasteiger partial charge is 0.258 e. The third-order valence-corrected chi connectivity index (χ3v) is 3.69. The highest BCUT2D eigenvalue weighted by molar-refractivity contribution is 6.30. The number of nitrogens with one attached hydrogen (secondary N) is 1. The average molecular weight is 350 g/mol. The van der Waals surface area contributed by atoms with E-state index in [1.54, 1.807) is 38.5 Å². The average Bonchev–Trinajstić information content (AvgIpc) is 2.62. The van der Waals surface area contributed by atoms with Crippen molar-refractivity contribution in [3.05, 3.63) is 59.1 Å². The zero-order valence-corrected chi connectivity index (χ0v) is 14.4. The van der Waals surface area contributed by atoms with Crippen molar-refractivity contribution in [1.29, 1.82) is 0 Å². The molecule has 0 saturated carbocycles. The highest BCUT2D eigenvalue weighted by Gasteiger charge is 2.16. The van der Waals surface area contributed by atoms with E-state index in [0.29, 0.717) is 17.3 Å². The number of carbonyl (C=O) groups excluding carboxylic acids is 1. The molecule has 0 spiro atoms. The van der Waals surface area contributed by atoms with E-state index in [1.807, 2.05) is 24.3 Å². The first-order valence-electron chi connectivity index (χ1n) is 7.44. The molecule has 0 saturated heterocycles. The van der Waals surface area contributed by atoms with Gasteiger partial charge in [0.2, 0.25) is 0 Å². The minimum Gasteiger partial charge on any atom is -0.496 e. The zero-order valence-electron chi connectivity index (χ0n) is 13.6. The summed E-state index contributed by atoms with van der Waals surface area (Å²) in [5.74, 6) is 1.07. The molecule has 1 atom stereocenters. The quantitative estimate of drug-likeness (QED) is 0.795. The van der Waals surface area contributed by atoms with Crippen molar-refractivity contribution in [2.45, 2.75) is 6.10 Å². The molecule has 0 aliphatic rings.